The Morgan fingerprint density at radius 3 is 2.76 bits per heavy atom. The molecule has 130 valence electrons. The van der Waals surface area contributed by atoms with Crippen molar-refractivity contribution in [2.75, 3.05) is 18.0 Å². The average molecular weight is 358 g/mol. The van der Waals surface area contributed by atoms with Crippen LogP contribution in [0.1, 0.15) is 29.2 Å². The molecule has 4 heterocycles. The van der Waals surface area contributed by atoms with Crippen LogP contribution in [0.25, 0.3) is 5.78 Å². The van der Waals surface area contributed by atoms with Crippen LogP contribution in [0.4, 0.5) is 5.82 Å². The molecule has 0 amide bonds. The van der Waals surface area contributed by atoms with Gasteiger partial charge in [0.15, 0.2) is 11.0 Å². The fourth-order valence-corrected chi connectivity index (χ4v) is 3.68. The summed E-state index contributed by atoms with van der Waals surface area (Å²) in [6.07, 6.45) is 2.11. The Kier molecular flexibility index (Phi) is 4.03. The minimum atomic E-state index is 0.424. The van der Waals surface area contributed by atoms with Crippen LogP contribution in [-0.4, -0.2) is 42.9 Å². The largest absolute Gasteiger partial charge is 0.355 e. The van der Waals surface area contributed by atoms with Crippen LogP contribution in [0, 0.1) is 26.7 Å². The molecule has 3 aromatic rings. The van der Waals surface area contributed by atoms with E-state index >= 15 is 0 Å². The lowest BCUT2D eigenvalue weighted by molar-refractivity contribution is 0.576. The number of nitrogens with zero attached hydrogens (tertiary/aromatic N) is 7. The van der Waals surface area contributed by atoms with Crippen molar-refractivity contribution < 1.29 is 0 Å². The van der Waals surface area contributed by atoms with Gasteiger partial charge in [0, 0.05) is 24.5 Å². The molecule has 4 rings (SSSR count). The van der Waals surface area contributed by atoms with Gasteiger partial charge < -0.3 is 4.90 Å². The molecule has 8 heteroatoms. The van der Waals surface area contributed by atoms with Gasteiger partial charge in [0.2, 0.25) is 0 Å². The first kappa shape index (κ1) is 16.2. The Hall–Kier alpha value is -2.28. The zero-order valence-electron chi connectivity index (χ0n) is 14.6. The molecule has 0 N–H and O–H groups in total. The smallest absolute Gasteiger partial charge is 0.252 e. The maximum Gasteiger partial charge on any atom is 0.252 e. The van der Waals surface area contributed by atoms with E-state index in [1.54, 1.807) is 6.07 Å². The summed E-state index contributed by atoms with van der Waals surface area (Å²) in [5, 5.41) is 13.0. The molecular weight excluding hydrogens is 338 g/mol. The Balaban J connectivity index is 1.55. The fraction of sp³-hybridized carbons (Fsp3) is 0.471. The van der Waals surface area contributed by atoms with E-state index in [1.807, 2.05) is 17.5 Å². The van der Waals surface area contributed by atoms with Gasteiger partial charge in [-0.3, -0.25) is 0 Å². The van der Waals surface area contributed by atoms with Gasteiger partial charge in [0.25, 0.3) is 5.78 Å². The maximum atomic E-state index is 5.83. The lowest BCUT2D eigenvalue weighted by Gasteiger charge is -2.18. The molecule has 0 aromatic carbocycles. The molecular formula is C17H20ClN7. The van der Waals surface area contributed by atoms with E-state index < -0.39 is 0 Å². The third kappa shape index (κ3) is 3.04. The second-order valence-electron chi connectivity index (χ2n) is 6.65. The summed E-state index contributed by atoms with van der Waals surface area (Å²) in [4.78, 5) is 11.3. The number of hydrogen-bond donors (Lipinski definition) is 0. The van der Waals surface area contributed by atoms with E-state index in [-0.39, 0.29) is 0 Å². The van der Waals surface area contributed by atoms with Crippen LogP contribution in [0.2, 0.25) is 5.15 Å². The second kappa shape index (κ2) is 6.22. The molecule has 1 atom stereocenters. The van der Waals surface area contributed by atoms with Crippen LogP contribution < -0.4 is 4.90 Å². The summed E-state index contributed by atoms with van der Waals surface area (Å²) in [5.41, 5.74) is 3.45. The van der Waals surface area contributed by atoms with Gasteiger partial charge in [-0.25, -0.2) is 9.50 Å². The summed E-state index contributed by atoms with van der Waals surface area (Å²) < 4.78 is 1.86. The lowest BCUT2D eigenvalue weighted by atomic mass is 9.96. The molecule has 1 fully saturated rings. The highest BCUT2D eigenvalue weighted by Gasteiger charge is 2.26. The zero-order chi connectivity index (χ0) is 17.6. The van der Waals surface area contributed by atoms with Crippen LogP contribution in [0.3, 0.4) is 0 Å². The SMILES string of the molecule is Cc1nc2nc(C)c(CC3CCN(c4ccc(Cl)nn4)C3)c(C)n2n1. The standard InChI is InChI=1S/C17H20ClN7/c1-10-14(11(2)25-17(19-10)20-12(3)23-25)8-13-6-7-24(9-13)16-5-4-15(18)21-22-16/h4-5,13H,6-9H2,1-3H3. The first-order valence-electron chi connectivity index (χ1n) is 8.45. The van der Waals surface area contributed by atoms with Crippen molar-refractivity contribution in [1.82, 2.24) is 29.8 Å². The number of aromatic nitrogens is 6. The van der Waals surface area contributed by atoms with E-state index in [9.17, 15) is 0 Å². The maximum absolute atomic E-state index is 5.83. The van der Waals surface area contributed by atoms with Gasteiger partial charge in [0.05, 0.1) is 0 Å². The van der Waals surface area contributed by atoms with Crippen LogP contribution >= 0.6 is 11.6 Å². The third-order valence-electron chi connectivity index (χ3n) is 4.88. The number of hydrogen-bond acceptors (Lipinski definition) is 6. The third-order valence-corrected chi connectivity index (χ3v) is 5.08. The lowest BCUT2D eigenvalue weighted by Crippen LogP contribution is -2.22. The normalized spacial score (nSPS) is 17.6. The quantitative estimate of drug-likeness (QED) is 0.717. The average Bonchev–Trinajstić information content (AvgIpc) is 3.18. The Labute approximate surface area is 151 Å². The molecule has 25 heavy (non-hydrogen) atoms. The van der Waals surface area contributed by atoms with Crippen molar-refractivity contribution in [1.29, 1.82) is 0 Å². The van der Waals surface area contributed by atoms with Crippen molar-refractivity contribution >= 4 is 23.2 Å². The zero-order valence-corrected chi connectivity index (χ0v) is 15.3. The predicted octanol–water partition coefficient (Wildman–Crippen LogP) is 2.56. The Morgan fingerprint density at radius 2 is 2.00 bits per heavy atom. The molecule has 0 aliphatic carbocycles. The number of rotatable bonds is 3. The van der Waals surface area contributed by atoms with Crippen LogP contribution in [0.5, 0.6) is 0 Å². The number of halogens is 1. The van der Waals surface area contributed by atoms with Gasteiger partial charge in [0.1, 0.15) is 5.82 Å². The molecule has 0 bridgehead atoms. The Bertz CT molecular complexity index is 919. The summed E-state index contributed by atoms with van der Waals surface area (Å²) >= 11 is 5.83. The minimum absolute atomic E-state index is 0.424. The van der Waals surface area contributed by atoms with E-state index in [4.69, 9.17) is 11.6 Å². The first-order chi connectivity index (χ1) is 12.0. The van der Waals surface area contributed by atoms with Crippen LogP contribution in [0.15, 0.2) is 12.1 Å². The highest BCUT2D eigenvalue weighted by Crippen LogP contribution is 2.27. The molecule has 1 saturated heterocycles. The van der Waals surface area contributed by atoms with Crippen molar-refractivity contribution in [3.8, 4) is 0 Å². The topological polar surface area (TPSA) is 72.1 Å². The van der Waals surface area contributed by atoms with Gasteiger partial charge in [-0.2, -0.15) is 10.1 Å². The van der Waals surface area contributed by atoms with Crippen molar-refractivity contribution in [3.63, 3.8) is 0 Å². The highest BCUT2D eigenvalue weighted by atomic mass is 35.5. The first-order valence-corrected chi connectivity index (χ1v) is 8.82. The van der Waals surface area contributed by atoms with E-state index in [0.29, 0.717) is 16.8 Å². The Morgan fingerprint density at radius 1 is 1.16 bits per heavy atom. The summed E-state index contributed by atoms with van der Waals surface area (Å²) in [6, 6.07) is 3.72. The number of aryl methyl sites for hydroxylation is 3. The van der Waals surface area contributed by atoms with Gasteiger partial charge in [-0.15, -0.1) is 10.2 Å². The van der Waals surface area contributed by atoms with Crippen molar-refractivity contribution in [2.24, 2.45) is 5.92 Å². The summed E-state index contributed by atoms with van der Waals surface area (Å²) in [5.74, 6) is 2.88. The molecule has 3 aromatic heterocycles. The van der Waals surface area contributed by atoms with E-state index in [2.05, 4.69) is 44.0 Å². The number of fused-ring (bicyclic) bond motifs is 1. The van der Waals surface area contributed by atoms with Crippen molar-refractivity contribution in [3.05, 3.63) is 40.1 Å². The van der Waals surface area contributed by atoms with Gasteiger partial charge in [-0.1, -0.05) is 11.6 Å². The van der Waals surface area contributed by atoms with Crippen LogP contribution in [-0.2, 0) is 6.42 Å². The summed E-state index contributed by atoms with van der Waals surface area (Å²) in [7, 11) is 0. The summed E-state index contributed by atoms with van der Waals surface area (Å²) in [6.45, 7) is 8.00. The fourth-order valence-electron chi connectivity index (χ4n) is 3.58. The monoisotopic (exact) mass is 357 g/mol. The molecule has 7 nitrogen and oxygen atoms in total. The molecule has 1 aliphatic rings. The molecule has 1 aliphatic heterocycles. The van der Waals surface area contributed by atoms with E-state index in [1.165, 1.54) is 5.56 Å². The number of anilines is 1. The highest BCUT2D eigenvalue weighted by molar-refractivity contribution is 6.29. The minimum Gasteiger partial charge on any atom is -0.355 e. The van der Waals surface area contributed by atoms with E-state index in [0.717, 1.165) is 49.0 Å². The molecule has 0 saturated carbocycles. The van der Waals surface area contributed by atoms with Crippen molar-refractivity contribution in [2.45, 2.75) is 33.6 Å². The van der Waals surface area contributed by atoms with Gasteiger partial charge in [-0.05, 0) is 57.2 Å². The molecule has 0 radical (unpaired) electrons. The van der Waals surface area contributed by atoms with Gasteiger partial charge >= 0.3 is 0 Å². The predicted molar refractivity (Wildman–Crippen MR) is 96.1 cm³/mol. The molecule has 1 unspecified atom stereocenters. The second-order valence-corrected chi connectivity index (χ2v) is 7.04. The molecule has 0 spiro atoms.